The molecule has 0 radical (unpaired) electrons. The smallest absolute Gasteiger partial charge is 0.145 e. The molecule has 0 heterocycles. The SMILES string of the molecule is CCC[N+](O)(S)Nc1ccc(F)c(C)c1C. The zero-order valence-electron chi connectivity index (χ0n) is 9.79. The van der Waals surface area contributed by atoms with E-state index >= 15 is 0 Å². The fraction of sp³-hybridized carbons (Fsp3) is 0.455. The van der Waals surface area contributed by atoms with Crippen molar-refractivity contribution in [3.63, 3.8) is 0 Å². The van der Waals surface area contributed by atoms with Crippen molar-refractivity contribution >= 4 is 18.5 Å². The number of halogens is 1. The molecule has 0 saturated heterocycles. The molecule has 0 aromatic heterocycles. The van der Waals surface area contributed by atoms with E-state index < -0.39 is 4.16 Å². The molecular formula is C11H18FN2OS+. The largest absolute Gasteiger partial charge is 0.207 e. The van der Waals surface area contributed by atoms with Gasteiger partial charge in [-0.15, -0.1) is 0 Å². The predicted molar refractivity (Wildman–Crippen MR) is 65.7 cm³/mol. The fourth-order valence-electron chi connectivity index (χ4n) is 1.47. The average molecular weight is 245 g/mol. The minimum atomic E-state index is -0.595. The maximum Gasteiger partial charge on any atom is 0.145 e. The van der Waals surface area contributed by atoms with Gasteiger partial charge in [0, 0.05) is 6.42 Å². The lowest BCUT2D eigenvalue weighted by Crippen LogP contribution is -2.41. The van der Waals surface area contributed by atoms with E-state index in [0.717, 1.165) is 12.0 Å². The molecule has 0 fully saturated rings. The van der Waals surface area contributed by atoms with E-state index in [2.05, 4.69) is 18.2 Å². The zero-order valence-corrected chi connectivity index (χ0v) is 10.7. The molecule has 0 spiro atoms. The Balaban J connectivity index is 2.94. The van der Waals surface area contributed by atoms with Crippen molar-refractivity contribution in [3.8, 4) is 0 Å². The summed E-state index contributed by atoms with van der Waals surface area (Å²) in [5.74, 6) is -0.242. The molecule has 90 valence electrons. The summed E-state index contributed by atoms with van der Waals surface area (Å²) in [7, 11) is 0. The number of hydrogen-bond donors (Lipinski definition) is 3. The van der Waals surface area contributed by atoms with Gasteiger partial charge in [0.05, 0.1) is 5.69 Å². The van der Waals surface area contributed by atoms with Gasteiger partial charge in [0.1, 0.15) is 25.2 Å². The molecule has 0 saturated carbocycles. The Morgan fingerprint density at radius 1 is 1.38 bits per heavy atom. The van der Waals surface area contributed by atoms with Crippen molar-refractivity contribution < 1.29 is 13.8 Å². The van der Waals surface area contributed by atoms with Gasteiger partial charge in [-0.05, 0) is 41.3 Å². The number of nitrogens with zero attached hydrogens (tertiary/aromatic N) is 1. The molecule has 1 rings (SSSR count). The van der Waals surface area contributed by atoms with E-state index in [1.165, 1.54) is 6.07 Å². The number of nitrogens with one attached hydrogen (secondary N) is 1. The number of rotatable bonds is 4. The maximum absolute atomic E-state index is 13.2. The van der Waals surface area contributed by atoms with Gasteiger partial charge >= 0.3 is 0 Å². The van der Waals surface area contributed by atoms with Crippen molar-refractivity contribution in [3.05, 3.63) is 29.1 Å². The summed E-state index contributed by atoms with van der Waals surface area (Å²) in [5, 5.41) is 9.85. The molecule has 0 aliphatic rings. The topological polar surface area (TPSA) is 32.3 Å². The summed E-state index contributed by atoms with van der Waals surface area (Å²) in [6, 6.07) is 2.98. The molecule has 1 aromatic carbocycles. The zero-order chi connectivity index (χ0) is 12.3. The highest BCUT2D eigenvalue weighted by atomic mass is 32.1. The minimum absolute atomic E-state index is 0.242. The van der Waals surface area contributed by atoms with Crippen LogP contribution in [-0.4, -0.2) is 15.9 Å². The highest BCUT2D eigenvalue weighted by molar-refractivity contribution is 7.74. The summed E-state index contributed by atoms with van der Waals surface area (Å²) in [6.45, 7) is 5.92. The molecule has 0 aliphatic heterocycles. The minimum Gasteiger partial charge on any atom is -0.207 e. The Hall–Kier alpha value is -0.780. The van der Waals surface area contributed by atoms with Crippen molar-refractivity contribution in [2.24, 2.45) is 0 Å². The Morgan fingerprint density at radius 3 is 2.56 bits per heavy atom. The first-order valence-electron chi connectivity index (χ1n) is 5.25. The molecule has 1 aromatic rings. The molecule has 0 amide bonds. The van der Waals surface area contributed by atoms with E-state index in [0.29, 0.717) is 17.8 Å². The summed E-state index contributed by atoms with van der Waals surface area (Å²) < 4.78 is 12.6. The first-order valence-corrected chi connectivity index (χ1v) is 5.65. The molecule has 3 nitrogen and oxygen atoms in total. The Morgan fingerprint density at radius 2 is 2.00 bits per heavy atom. The van der Waals surface area contributed by atoms with Crippen LogP contribution in [0.15, 0.2) is 12.1 Å². The van der Waals surface area contributed by atoms with Gasteiger partial charge in [0.15, 0.2) is 0 Å². The van der Waals surface area contributed by atoms with Gasteiger partial charge in [-0.25, -0.2) is 4.39 Å². The number of benzene rings is 1. The first-order chi connectivity index (χ1) is 7.37. The standard InChI is InChI=1S/C11H18FN2OS/c1-4-7-14(15,16)13-11-6-5-10(12)8(2)9(11)3/h5-6,13,15-16H,4,7H2,1-3H3/q+1. The van der Waals surface area contributed by atoms with Crippen LogP contribution in [-0.2, 0) is 0 Å². The summed E-state index contributed by atoms with van der Waals surface area (Å²) in [5.41, 5.74) is 4.89. The number of hydrogen-bond acceptors (Lipinski definition) is 3. The van der Waals surface area contributed by atoms with Crippen LogP contribution in [0.5, 0.6) is 0 Å². The Kier molecular flexibility index (Phi) is 4.18. The fourth-order valence-corrected chi connectivity index (χ4v) is 1.78. The van der Waals surface area contributed by atoms with Crippen LogP contribution in [0.1, 0.15) is 24.5 Å². The maximum atomic E-state index is 13.2. The monoisotopic (exact) mass is 245 g/mol. The second-order valence-electron chi connectivity index (χ2n) is 3.91. The third-order valence-corrected chi connectivity index (χ3v) is 2.86. The number of thiol groups is 1. The lowest BCUT2D eigenvalue weighted by atomic mass is 10.1. The van der Waals surface area contributed by atoms with Crippen LogP contribution in [0.3, 0.4) is 0 Å². The lowest BCUT2D eigenvalue weighted by molar-refractivity contribution is -0.972. The number of quaternary nitrogens is 1. The van der Waals surface area contributed by atoms with Gasteiger partial charge < -0.3 is 0 Å². The quantitative estimate of drug-likeness (QED) is 0.432. The van der Waals surface area contributed by atoms with Gasteiger partial charge in [0.2, 0.25) is 0 Å². The second-order valence-corrected chi connectivity index (χ2v) is 4.57. The van der Waals surface area contributed by atoms with Crippen molar-refractivity contribution in [2.75, 3.05) is 12.0 Å². The van der Waals surface area contributed by atoms with E-state index in [1.54, 1.807) is 19.9 Å². The number of anilines is 1. The van der Waals surface area contributed by atoms with Gasteiger partial charge in [-0.3, -0.25) is 0 Å². The third-order valence-electron chi connectivity index (χ3n) is 2.56. The van der Waals surface area contributed by atoms with E-state index in [1.807, 2.05) is 6.92 Å². The van der Waals surface area contributed by atoms with Crippen LogP contribution in [0.25, 0.3) is 0 Å². The van der Waals surface area contributed by atoms with Gasteiger partial charge in [0.25, 0.3) is 0 Å². The predicted octanol–water partition coefficient (Wildman–Crippen LogP) is 3.23. The summed E-state index contributed by atoms with van der Waals surface area (Å²) in [6.07, 6.45) is 0.784. The van der Waals surface area contributed by atoms with Crippen molar-refractivity contribution in [2.45, 2.75) is 27.2 Å². The van der Waals surface area contributed by atoms with Crippen LogP contribution < -0.4 is 5.43 Å². The first kappa shape index (κ1) is 13.3. The van der Waals surface area contributed by atoms with Crippen LogP contribution in [0.4, 0.5) is 10.1 Å². The lowest BCUT2D eigenvalue weighted by Gasteiger charge is -2.24. The molecule has 0 bridgehead atoms. The molecule has 16 heavy (non-hydrogen) atoms. The third kappa shape index (κ3) is 3.10. The van der Waals surface area contributed by atoms with Gasteiger partial charge in [-0.2, -0.15) is 10.6 Å². The molecule has 5 heteroatoms. The normalized spacial score (nSPS) is 14.6. The van der Waals surface area contributed by atoms with Crippen LogP contribution >= 0.6 is 12.8 Å². The second kappa shape index (κ2) is 5.03. The Bertz CT molecular complexity index is 382. The van der Waals surface area contributed by atoms with E-state index in [9.17, 15) is 9.60 Å². The molecule has 2 N–H and O–H groups in total. The highest BCUT2D eigenvalue weighted by Crippen LogP contribution is 2.23. The number of hydroxylamine groups is 1. The van der Waals surface area contributed by atoms with Crippen molar-refractivity contribution in [1.29, 1.82) is 0 Å². The van der Waals surface area contributed by atoms with Gasteiger partial charge in [-0.1, -0.05) is 6.92 Å². The van der Waals surface area contributed by atoms with E-state index in [-0.39, 0.29) is 5.82 Å². The highest BCUT2D eigenvalue weighted by Gasteiger charge is 2.21. The van der Waals surface area contributed by atoms with Crippen LogP contribution in [0.2, 0.25) is 0 Å². The summed E-state index contributed by atoms with van der Waals surface area (Å²) >= 11 is 4.07. The molecule has 1 unspecified atom stereocenters. The van der Waals surface area contributed by atoms with Crippen LogP contribution in [0, 0.1) is 19.7 Å². The molecular weight excluding hydrogens is 227 g/mol. The van der Waals surface area contributed by atoms with Crippen molar-refractivity contribution in [1.82, 2.24) is 0 Å². The molecule has 0 aliphatic carbocycles. The Labute approximate surface area is 101 Å². The average Bonchev–Trinajstić information content (AvgIpc) is 2.19. The summed E-state index contributed by atoms with van der Waals surface area (Å²) in [4.78, 5) is 0. The molecule has 1 atom stereocenters. The van der Waals surface area contributed by atoms with E-state index in [4.69, 9.17) is 0 Å².